The van der Waals surface area contributed by atoms with E-state index < -0.39 is 11.6 Å². The van der Waals surface area contributed by atoms with E-state index >= 15 is 0 Å². The van der Waals surface area contributed by atoms with Crippen molar-refractivity contribution >= 4 is 5.69 Å². The summed E-state index contributed by atoms with van der Waals surface area (Å²) in [6.07, 6.45) is 0. The topological polar surface area (TPSA) is 37.9 Å². The summed E-state index contributed by atoms with van der Waals surface area (Å²) in [6.45, 7) is -0.166. The highest BCUT2D eigenvalue weighted by Crippen LogP contribution is 2.15. The fourth-order valence-electron chi connectivity index (χ4n) is 0.735. The van der Waals surface area contributed by atoms with Gasteiger partial charge in [-0.15, -0.1) is 0 Å². The second-order valence-corrected chi connectivity index (χ2v) is 2.05. The van der Waals surface area contributed by atoms with Crippen LogP contribution in [0.1, 0.15) is 0 Å². The number of nitrogens with zero attached hydrogens (tertiary/aromatic N) is 2. The summed E-state index contributed by atoms with van der Waals surface area (Å²) in [5.41, 5.74) is -0.114. The molecule has 1 rings (SSSR count). The van der Waals surface area contributed by atoms with Crippen LogP contribution in [0.5, 0.6) is 0 Å². The third-order valence-electron chi connectivity index (χ3n) is 1.25. The zero-order valence-corrected chi connectivity index (χ0v) is 6.09. The molecule has 12 heavy (non-hydrogen) atoms. The quantitative estimate of drug-likeness (QED) is 0.618. The fraction of sp³-hybridized carbons (Fsp3) is 0.125. The minimum Gasteiger partial charge on any atom is -0.267 e. The highest BCUT2D eigenvalue weighted by atomic mass is 19.2. The molecular weight excluding hydrogens is 162 g/mol. The zero-order valence-electron chi connectivity index (χ0n) is 6.09. The first-order valence-corrected chi connectivity index (χ1v) is 3.24. The lowest BCUT2D eigenvalue weighted by molar-refractivity contribution is 0.506. The van der Waals surface area contributed by atoms with Gasteiger partial charge in [0.05, 0.1) is 11.8 Å². The average molecular weight is 167 g/mol. The summed E-state index contributed by atoms with van der Waals surface area (Å²) < 4.78 is 25.2. The van der Waals surface area contributed by atoms with E-state index in [4.69, 9.17) is 5.26 Å². The lowest BCUT2D eigenvalue weighted by atomic mass is 10.3. The van der Waals surface area contributed by atoms with E-state index in [0.29, 0.717) is 0 Å². The maximum Gasteiger partial charge on any atom is 0.183 e. The summed E-state index contributed by atoms with van der Waals surface area (Å²) in [5.74, 6) is -1.96. The molecule has 0 aromatic heterocycles. The molecule has 0 amide bonds. The number of benzene rings is 1. The van der Waals surface area contributed by atoms with Crippen molar-refractivity contribution in [1.82, 2.24) is 5.32 Å². The average Bonchev–Trinajstić information content (AvgIpc) is 2.08. The molecule has 4 heteroatoms. The number of rotatable bonds is 2. The van der Waals surface area contributed by atoms with Crippen molar-refractivity contribution in [2.45, 2.75) is 0 Å². The van der Waals surface area contributed by atoms with Crippen molar-refractivity contribution in [2.24, 2.45) is 0 Å². The second-order valence-electron chi connectivity index (χ2n) is 2.05. The normalized spacial score (nSPS) is 9.08. The smallest absolute Gasteiger partial charge is 0.183 e. The van der Waals surface area contributed by atoms with Crippen molar-refractivity contribution in [3.05, 3.63) is 29.8 Å². The first kappa shape index (κ1) is 8.47. The monoisotopic (exact) mass is 167 g/mol. The molecule has 61 valence electrons. The van der Waals surface area contributed by atoms with Gasteiger partial charge in [-0.3, -0.25) is 5.32 Å². The summed E-state index contributed by atoms with van der Waals surface area (Å²) in [5, 5.41) is 11.6. The van der Waals surface area contributed by atoms with Gasteiger partial charge in [-0.25, -0.2) is 8.78 Å². The molecule has 0 unspecified atom stereocenters. The molecule has 0 saturated heterocycles. The highest BCUT2D eigenvalue weighted by molar-refractivity contribution is 5.38. The van der Waals surface area contributed by atoms with Crippen molar-refractivity contribution in [1.29, 1.82) is 5.26 Å². The molecule has 1 aromatic rings. The molecule has 0 spiro atoms. The van der Waals surface area contributed by atoms with Gasteiger partial charge in [0.2, 0.25) is 0 Å². The summed E-state index contributed by atoms with van der Waals surface area (Å²) in [6, 6.07) is 5.36. The molecule has 0 bridgehead atoms. The zero-order chi connectivity index (χ0) is 8.97. The molecular formula is C8H5F2N2. The van der Waals surface area contributed by atoms with Crippen LogP contribution in [-0.2, 0) is 0 Å². The molecule has 0 aliphatic rings. The lowest BCUT2D eigenvalue weighted by Gasteiger charge is -1.99. The number of hydrogen-bond acceptors (Lipinski definition) is 1. The highest BCUT2D eigenvalue weighted by Gasteiger charge is 2.06. The number of hydrogen-bond donors (Lipinski definition) is 0. The Balaban J connectivity index is 2.86. The minimum atomic E-state index is -1.01. The van der Waals surface area contributed by atoms with Crippen molar-refractivity contribution in [2.75, 3.05) is 6.54 Å². The third kappa shape index (κ3) is 1.70. The summed E-state index contributed by atoms with van der Waals surface area (Å²) >= 11 is 0. The Labute approximate surface area is 68.4 Å². The summed E-state index contributed by atoms with van der Waals surface area (Å²) in [4.78, 5) is 0. The van der Waals surface area contributed by atoms with E-state index in [-0.39, 0.29) is 12.2 Å². The summed E-state index contributed by atoms with van der Waals surface area (Å²) in [7, 11) is 0. The van der Waals surface area contributed by atoms with Gasteiger partial charge in [-0.1, -0.05) is 6.07 Å². The van der Waals surface area contributed by atoms with E-state index in [1.54, 1.807) is 6.07 Å². The Hall–Kier alpha value is -1.63. The molecule has 0 aliphatic carbocycles. The standard InChI is InChI=1S/C8H5F2N2/c9-6-2-1-3-7(8(6)10)12-5-4-11/h1-3H,5H2. The van der Waals surface area contributed by atoms with Crippen LogP contribution < -0.4 is 5.32 Å². The molecule has 1 radical (unpaired) electrons. The Kier molecular flexibility index (Phi) is 2.59. The van der Waals surface area contributed by atoms with Crippen molar-refractivity contribution < 1.29 is 8.78 Å². The van der Waals surface area contributed by atoms with Crippen LogP contribution in [-0.4, -0.2) is 6.54 Å². The van der Waals surface area contributed by atoms with Gasteiger partial charge in [0, 0.05) is 0 Å². The predicted octanol–water partition coefficient (Wildman–Crippen LogP) is 1.72. The van der Waals surface area contributed by atoms with Crippen LogP contribution in [0.3, 0.4) is 0 Å². The van der Waals surface area contributed by atoms with E-state index in [1.165, 1.54) is 12.1 Å². The van der Waals surface area contributed by atoms with Crippen molar-refractivity contribution in [3.8, 4) is 6.07 Å². The molecule has 0 heterocycles. The molecule has 1 aromatic carbocycles. The molecule has 0 saturated carbocycles. The predicted molar refractivity (Wildman–Crippen MR) is 38.6 cm³/mol. The maximum absolute atomic E-state index is 12.7. The minimum absolute atomic E-state index is 0.114. The van der Waals surface area contributed by atoms with Gasteiger partial charge >= 0.3 is 0 Å². The molecule has 0 N–H and O–H groups in total. The Morgan fingerprint density at radius 2 is 2.17 bits per heavy atom. The van der Waals surface area contributed by atoms with Crippen LogP contribution in [0.25, 0.3) is 0 Å². The maximum atomic E-state index is 12.7. The van der Waals surface area contributed by atoms with Gasteiger partial charge < -0.3 is 0 Å². The van der Waals surface area contributed by atoms with Crippen LogP contribution in [0.2, 0.25) is 0 Å². The van der Waals surface area contributed by atoms with Crippen LogP contribution in [0.4, 0.5) is 14.5 Å². The van der Waals surface area contributed by atoms with Gasteiger partial charge in [-0.2, -0.15) is 5.26 Å². The Morgan fingerprint density at radius 3 is 2.83 bits per heavy atom. The van der Waals surface area contributed by atoms with Gasteiger partial charge in [0.1, 0.15) is 6.54 Å². The van der Waals surface area contributed by atoms with E-state index in [0.717, 1.165) is 6.07 Å². The molecule has 0 fully saturated rings. The van der Waals surface area contributed by atoms with Gasteiger partial charge in [0.25, 0.3) is 0 Å². The van der Waals surface area contributed by atoms with E-state index in [2.05, 4.69) is 5.32 Å². The second kappa shape index (κ2) is 3.67. The van der Waals surface area contributed by atoms with Gasteiger partial charge in [0.15, 0.2) is 11.6 Å². The first-order chi connectivity index (χ1) is 5.75. The van der Waals surface area contributed by atoms with Crippen molar-refractivity contribution in [3.63, 3.8) is 0 Å². The Bertz CT molecular complexity index is 317. The van der Waals surface area contributed by atoms with E-state index in [1.807, 2.05) is 0 Å². The SMILES string of the molecule is N#CC[N]c1cccc(F)c1F. The first-order valence-electron chi connectivity index (χ1n) is 3.24. The van der Waals surface area contributed by atoms with Gasteiger partial charge in [-0.05, 0) is 12.1 Å². The van der Waals surface area contributed by atoms with Crippen LogP contribution >= 0.6 is 0 Å². The number of nitriles is 1. The molecule has 2 nitrogen and oxygen atoms in total. The van der Waals surface area contributed by atoms with Crippen LogP contribution in [0, 0.1) is 23.0 Å². The largest absolute Gasteiger partial charge is 0.267 e. The number of halogens is 2. The Morgan fingerprint density at radius 1 is 1.42 bits per heavy atom. The third-order valence-corrected chi connectivity index (χ3v) is 1.25. The fourth-order valence-corrected chi connectivity index (χ4v) is 0.735. The lowest BCUT2D eigenvalue weighted by Crippen LogP contribution is -2.00. The van der Waals surface area contributed by atoms with E-state index in [9.17, 15) is 8.78 Å². The molecule has 0 atom stereocenters. The van der Waals surface area contributed by atoms with Crippen LogP contribution in [0.15, 0.2) is 18.2 Å². The molecule has 0 aliphatic heterocycles.